The molecular formula is C14H19N5O4. The molecule has 0 aliphatic rings. The number of fused-ring (bicyclic) bond motifs is 1. The van der Waals surface area contributed by atoms with Gasteiger partial charge < -0.3 is 15.4 Å². The van der Waals surface area contributed by atoms with Crippen molar-refractivity contribution in [1.29, 1.82) is 0 Å². The summed E-state index contributed by atoms with van der Waals surface area (Å²) in [6.45, 7) is 2.34. The van der Waals surface area contributed by atoms with Gasteiger partial charge in [0.05, 0.1) is 17.6 Å². The third kappa shape index (κ3) is 4.02. The predicted molar refractivity (Wildman–Crippen MR) is 84.7 cm³/mol. The first kappa shape index (κ1) is 16.8. The van der Waals surface area contributed by atoms with Crippen LogP contribution in [-0.4, -0.2) is 53.8 Å². The highest BCUT2D eigenvalue weighted by molar-refractivity contribution is 5.96. The molecule has 124 valence electrons. The Morgan fingerprint density at radius 2 is 2.13 bits per heavy atom. The number of carbonyl (C=O) groups is 1. The summed E-state index contributed by atoms with van der Waals surface area (Å²) in [5.74, 6) is -0.332. The Morgan fingerprint density at radius 3 is 2.87 bits per heavy atom. The van der Waals surface area contributed by atoms with Crippen LogP contribution in [0.15, 0.2) is 21.9 Å². The average molecular weight is 321 g/mol. The standard InChI is InChI=1S/C14H19N5O4/c1-19-11-10(13(21)18-14(19)22)7-9(8-17-11)12(20)16-4-3-15-5-6-23-2/h7-8,15H,3-6H2,1-2H3,(H,16,20)(H,18,21,22). The maximum absolute atomic E-state index is 12.1. The molecule has 9 nitrogen and oxygen atoms in total. The zero-order chi connectivity index (χ0) is 16.8. The largest absolute Gasteiger partial charge is 0.383 e. The molecule has 2 heterocycles. The van der Waals surface area contributed by atoms with Crippen molar-refractivity contribution in [2.75, 3.05) is 33.4 Å². The van der Waals surface area contributed by atoms with Gasteiger partial charge in [-0.3, -0.25) is 19.1 Å². The van der Waals surface area contributed by atoms with Gasteiger partial charge in [0.2, 0.25) is 0 Å². The summed E-state index contributed by atoms with van der Waals surface area (Å²) in [5, 5.41) is 6.01. The van der Waals surface area contributed by atoms with Gasteiger partial charge in [0.15, 0.2) is 0 Å². The number of hydrogen-bond acceptors (Lipinski definition) is 6. The van der Waals surface area contributed by atoms with Gasteiger partial charge in [-0.15, -0.1) is 0 Å². The molecule has 0 fully saturated rings. The van der Waals surface area contributed by atoms with Gasteiger partial charge in [-0.25, -0.2) is 9.78 Å². The Hall–Kier alpha value is -2.52. The predicted octanol–water partition coefficient (Wildman–Crippen LogP) is -1.41. The lowest BCUT2D eigenvalue weighted by Gasteiger charge is -2.08. The van der Waals surface area contributed by atoms with Crippen molar-refractivity contribution in [3.63, 3.8) is 0 Å². The number of methoxy groups -OCH3 is 1. The first-order valence-electron chi connectivity index (χ1n) is 7.11. The van der Waals surface area contributed by atoms with Crippen molar-refractivity contribution in [3.8, 4) is 0 Å². The quantitative estimate of drug-likeness (QED) is 0.539. The molecule has 0 saturated carbocycles. The number of rotatable bonds is 7. The summed E-state index contributed by atoms with van der Waals surface area (Å²) < 4.78 is 6.11. The second kappa shape index (κ2) is 7.65. The Bertz CT molecular complexity index is 811. The number of nitrogens with one attached hydrogen (secondary N) is 3. The molecule has 0 unspecified atom stereocenters. The Kier molecular flexibility index (Phi) is 5.61. The smallest absolute Gasteiger partial charge is 0.329 e. The molecule has 0 saturated heterocycles. The van der Waals surface area contributed by atoms with Crippen molar-refractivity contribution in [3.05, 3.63) is 38.7 Å². The van der Waals surface area contributed by atoms with Crippen LogP contribution in [-0.2, 0) is 11.8 Å². The SMILES string of the molecule is COCCNCCNC(=O)c1cnc2c(c1)c(=O)[nH]c(=O)n2C. The number of ether oxygens (including phenoxy) is 1. The Morgan fingerprint density at radius 1 is 1.35 bits per heavy atom. The molecule has 0 bridgehead atoms. The van der Waals surface area contributed by atoms with Crippen molar-refractivity contribution >= 4 is 16.9 Å². The molecule has 2 aromatic rings. The summed E-state index contributed by atoms with van der Waals surface area (Å²) >= 11 is 0. The number of aryl methyl sites for hydroxylation is 1. The second-order valence-electron chi connectivity index (χ2n) is 4.91. The van der Waals surface area contributed by atoms with Crippen molar-refractivity contribution < 1.29 is 9.53 Å². The van der Waals surface area contributed by atoms with Crippen LogP contribution in [0.25, 0.3) is 11.0 Å². The number of hydrogen-bond donors (Lipinski definition) is 3. The zero-order valence-electron chi connectivity index (χ0n) is 13.0. The van der Waals surface area contributed by atoms with Crippen molar-refractivity contribution in [1.82, 2.24) is 25.2 Å². The molecule has 9 heteroatoms. The van der Waals surface area contributed by atoms with E-state index in [4.69, 9.17) is 4.74 Å². The number of pyridine rings is 1. The Balaban J connectivity index is 2.07. The fourth-order valence-electron chi connectivity index (χ4n) is 2.03. The lowest BCUT2D eigenvalue weighted by atomic mass is 10.2. The van der Waals surface area contributed by atoms with Crippen LogP contribution in [0, 0.1) is 0 Å². The number of amides is 1. The highest BCUT2D eigenvalue weighted by Gasteiger charge is 2.11. The molecule has 0 atom stereocenters. The summed E-state index contributed by atoms with van der Waals surface area (Å²) in [7, 11) is 3.12. The first-order chi connectivity index (χ1) is 11.0. The van der Waals surface area contributed by atoms with E-state index in [1.807, 2.05) is 0 Å². The van der Waals surface area contributed by atoms with E-state index in [1.54, 1.807) is 7.11 Å². The minimum Gasteiger partial charge on any atom is -0.383 e. The van der Waals surface area contributed by atoms with Crippen LogP contribution in [0.5, 0.6) is 0 Å². The number of aromatic nitrogens is 3. The van der Waals surface area contributed by atoms with Crippen LogP contribution >= 0.6 is 0 Å². The van der Waals surface area contributed by atoms with Crippen LogP contribution in [0.1, 0.15) is 10.4 Å². The molecule has 0 aliphatic carbocycles. The van der Waals surface area contributed by atoms with Crippen molar-refractivity contribution in [2.24, 2.45) is 7.05 Å². The van der Waals surface area contributed by atoms with E-state index < -0.39 is 11.2 Å². The van der Waals surface area contributed by atoms with Gasteiger partial charge in [0.25, 0.3) is 11.5 Å². The van der Waals surface area contributed by atoms with Gasteiger partial charge in [-0.2, -0.15) is 0 Å². The summed E-state index contributed by atoms with van der Waals surface area (Å²) in [4.78, 5) is 41.6. The molecule has 2 rings (SSSR count). The maximum Gasteiger partial charge on any atom is 0.329 e. The van der Waals surface area contributed by atoms with E-state index in [2.05, 4.69) is 20.6 Å². The third-order valence-corrected chi connectivity index (χ3v) is 3.29. The summed E-state index contributed by atoms with van der Waals surface area (Å²) in [6.07, 6.45) is 1.34. The van der Waals surface area contributed by atoms with Crippen LogP contribution in [0.4, 0.5) is 0 Å². The van der Waals surface area contributed by atoms with Crippen LogP contribution < -0.4 is 21.9 Å². The molecule has 0 aromatic carbocycles. The van der Waals surface area contributed by atoms with Gasteiger partial charge in [-0.05, 0) is 6.07 Å². The molecule has 23 heavy (non-hydrogen) atoms. The summed E-state index contributed by atoms with van der Waals surface area (Å²) in [6, 6.07) is 1.42. The maximum atomic E-state index is 12.1. The van der Waals surface area contributed by atoms with Crippen LogP contribution in [0.2, 0.25) is 0 Å². The average Bonchev–Trinajstić information content (AvgIpc) is 2.55. The van der Waals surface area contributed by atoms with Gasteiger partial charge in [-0.1, -0.05) is 0 Å². The molecule has 0 radical (unpaired) electrons. The molecular weight excluding hydrogens is 302 g/mol. The minimum atomic E-state index is -0.563. The molecule has 0 spiro atoms. The number of carbonyl (C=O) groups excluding carboxylic acids is 1. The second-order valence-corrected chi connectivity index (χ2v) is 4.91. The van der Waals surface area contributed by atoms with Crippen LogP contribution in [0.3, 0.4) is 0 Å². The molecule has 0 aliphatic heterocycles. The van der Waals surface area contributed by atoms with E-state index in [9.17, 15) is 14.4 Å². The van der Waals surface area contributed by atoms with E-state index >= 15 is 0 Å². The minimum absolute atomic E-state index is 0.193. The molecule has 2 aromatic heterocycles. The van der Waals surface area contributed by atoms with E-state index in [-0.39, 0.29) is 22.5 Å². The normalized spacial score (nSPS) is 10.9. The third-order valence-electron chi connectivity index (χ3n) is 3.29. The summed E-state index contributed by atoms with van der Waals surface area (Å²) in [5.41, 5.74) is -0.615. The van der Waals surface area contributed by atoms with Crippen molar-refractivity contribution in [2.45, 2.75) is 0 Å². The molecule has 1 amide bonds. The van der Waals surface area contributed by atoms with E-state index in [0.29, 0.717) is 26.2 Å². The van der Waals surface area contributed by atoms with E-state index in [0.717, 1.165) is 0 Å². The van der Waals surface area contributed by atoms with Gasteiger partial charge in [0, 0.05) is 40.0 Å². The van der Waals surface area contributed by atoms with Gasteiger partial charge in [0.1, 0.15) is 5.65 Å². The lowest BCUT2D eigenvalue weighted by molar-refractivity contribution is 0.0953. The number of nitrogens with zero attached hydrogens (tertiary/aromatic N) is 2. The number of aromatic amines is 1. The van der Waals surface area contributed by atoms with E-state index in [1.165, 1.54) is 23.9 Å². The highest BCUT2D eigenvalue weighted by atomic mass is 16.5. The monoisotopic (exact) mass is 321 g/mol. The zero-order valence-corrected chi connectivity index (χ0v) is 13.0. The molecule has 3 N–H and O–H groups in total. The topological polar surface area (TPSA) is 118 Å². The fourth-order valence-corrected chi connectivity index (χ4v) is 2.03. The van der Waals surface area contributed by atoms with Gasteiger partial charge >= 0.3 is 5.69 Å². The lowest BCUT2D eigenvalue weighted by Crippen LogP contribution is -2.33. The highest BCUT2D eigenvalue weighted by Crippen LogP contribution is 2.06. The fraction of sp³-hybridized carbons (Fsp3) is 0.429. The Labute approximate surface area is 131 Å². The number of H-pyrrole nitrogens is 1. The first-order valence-corrected chi connectivity index (χ1v) is 7.11.